The van der Waals surface area contributed by atoms with Crippen LogP contribution in [0.1, 0.15) is 16.7 Å². The van der Waals surface area contributed by atoms with Crippen LogP contribution in [0, 0.1) is 13.8 Å². The number of methoxy groups -OCH3 is 2. The van der Waals surface area contributed by atoms with Crippen LogP contribution in [0.5, 0.6) is 11.5 Å². The molecule has 4 heteroatoms. The molecule has 4 nitrogen and oxygen atoms in total. The normalized spacial score (nSPS) is 9.75. The standard InChI is InChI=1S/C12H16O4/c1-8-9(2)12(15-4)11(14-3)5-10(8)6-16-7-13/h5,7H,6H2,1-4H3. The Hall–Kier alpha value is -1.71. The summed E-state index contributed by atoms with van der Waals surface area (Å²) >= 11 is 0. The lowest BCUT2D eigenvalue weighted by Crippen LogP contribution is -2.01. The van der Waals surface area contributed by atoms with Gasteiger partial charge in [0, 0.05) is 0 Å². The molecule has 0 aliphatic rings. The highest BCUT2D eigenvalue weighted by molar-refractivity contribution is 5.53. The summed E-state index contributed by atoms with van der Waals surface area (Å²) in [5, 5.41) is 0. The SMILES string of the molecule is COc1cc(COC=O)c(C)c(C)c1OC. The Morgan fingerprint density at radius 2 is 1.88 bits per heavy atom. The van der Waals surface area contributed by atoms with Gasteiger partial charge in [-0.05, 0) is 36.6 Å². The number of carbonyl (C=O) groups is 1. The molecule has 0 radical (unpaired) electrons. The second kappa shape index (κ2) is 5.39. The molecule has 0 bridgehead atoms. The molecule has 0 fully saturated rings. The van der Waals surface area contributed by atoms with E-state index >= 15 is 0 Å². The number of hydrogen-bond acceptors (Lipinski definition) is 4. The fourth-order valence-corrected chi connectivity index (χ4v) is 1.61. The van der Waals surface area contributed by atoms with E-state index < -0.39 is 0 Å². The Morgan fingerprint density at radius 3 is 2.38 bits per heavy atom. The molecule has 0 amide bonds. The minimum Gasteiger partial charge on any atom is -0.493 e. The van der Waals surface area contributed by atoms with Gasteiger partial charge in [0.1, 0.15) is 6.61 Å². The predicted octanol–water partition coefficient (Wildman–Crippen LogP) is 1.99. The van der Waals surface area contributed by atoms with E-state index in [1.54, 1.807) is 14.2 Å². The average molecular weight is 224 g/mol. The van der Waals surface area contributed by atoms with Gasteiger partial charge < -0.3 is 14.2 Å². The van der Waals surface area contributed by atoms with Crippen molar-refractivity contribution in [2.24, 2.45) is 0 Å². The zero-order valence-corrected chi connectivity index (χ0v) is 9.99. The number of hydrogen-bond donors (Lipinski definition) is 0. The molecule has 0 atom stereocenters. The van der Waals surface area contributed by atoms with Gasteiger partial charge in [-0.15, -0.1) is 0 Å². The zero-order chi connectivity index (χ0) is 12.1. The van der Waals surface area contributed by atoms with Gasteiger partial charge in [-0.25, -0.2) is 0 Å². The van der Waals surface area contributed by atoms with Crippen molar-refractivity contribution in [2.75, 3.05) is 14.2 Å². The van der Waals surface area contributed by atoms with E-state index in [-0.39, 0.29) is 6.61 Å². The minimum atomic E-state index is 0.247. The number of benzene rings is 1. The van der Waals surface area contributed by atoms with E-state index in [9.17, 15) is 4.79 Å². The van der Waals surface area contributed by atoms with Crippen molar-refractivity contribution in [2.45, 2.75) is 20.5 Å². The zero-order valence-electron chi connectivity index (χ0n) is 9.99. The first kappa shape index (κ1) is 12.4. The lowest BCUT2D eigenvalue weighted by Gasteiger charge is -2.15. The van der Waals surface area contributed by atoms with Crippen LogP contribution < -0.4 is 9.47 Å². The van der Waals surface area contributed by atoms with Gasteiger partial charge >= 0.3 is 0 Å². The van der Waals surface area contributed by atoms with Gasteiger partial charge in [-0.1, -0.05) is 0 Å². The highest BCUT2D eigenvalue weighted by atomic mass is 16.5. The molecular formula is C12H16O4. The van der Waals surface area contributed by atoms with Crippen LogP contribution in [0.2, 0.25) is 0 Å². The van der Waals surface area contributed by atoms with Crippen molar-refractivity contribution < 1.29 is 19.0 Å². The summed E-state index contributed by atoms with van der Waals surface area (Å²) in [6.45, 7) is 4.59. The predicted molar refractivity (Wildman–Crippen MR) is 59.9 cm³/mol. The van der Waals surface area contributed by atoms with E-state index in [0.29, 0.717) is 12.2 Å². The van der Waals surface area contributed by atoms with Crippen molar-refractivity contribution in [1.82, 2.24) is 0 Å². The third-order valence-corrected chi connectivity index (χ3v) is 2.64. The molecule has 0 unspecified atom stereocenters. The van der Waals surface area contributed by atoms with Gasteiger partial charge in [0.05, 0.1) is 14.2 Å². The molecule has 88 valence electrons. The Morgan fingerprint density at radius 1 is 1.19 bits per heavy atom. The van der Waals surface area contributed by atoms with Gasteiger partial charge in [0.15, 0.2) is 11.5 Å². The van der Waals surface area contributed by atoms with E-state index in [2.05, 4.69) is 0 Å². The first-order chi connectivity index (χ1) is 7.65. The molecule has 16 heavy (non-hydrogen) atoms. The summed E-state index contributed by atoms with van der Waals surface area (Å²) in [4.78, 5) is 10.2. The molecule has 0 spiro atoms. The third-order valence-electron chi connectivity index (χ3n) is 2.64. The first-order valence-electron chi connectivity index (χ1n) is 4.92. The molecule has 0 saturated heterocycles. The first-order valence-corrected chi connectivity index (χ1v) is 4.92. The third kappa shape index (κ3) is 2.27. The second-order valence-corrected chi connectivity index (χ2v) is 3.43. The molecular weight excluding hydrogens is 208 g/mol. The molecule has 0 saturated carbocycles. The Labute approximate surface area is 95.1 Å². The van der Waals surface area contributed by atoms with Crippen LogP contribution in [-0.2, 0) is 16.1 Å². The van der Waals surface area contributed by atoms with Gasteiger partial charge in [0.25, 0.3) is 6.47 Å². The monoisotopic (exact) mass is 224 g/mol. The van der Waals surface area contributed by atoms with E-state index in [0.717, 1.165) is 22.4 Å². The molecule has 0 heterocycles. The lowest BCUT2D eigenvalue weighted by molar-refractivity contribution is -0.129. The van der Waals surface area contributed by atoms with E-state index in [1.807, 2.05) is 19.9 Å². The number of rotatable bonds is 5. The van der Waals surface area contributed by atoms with Crippen molar-refractivity contribution in [3.8, 4) is 11.5 Å². The van der Waals surface area contributed by atoms with Gasteiger partial charge in [-0.2, -0.15) is 0 Å². The van der Waals surface area contributed by atoms with Crippen LogP contribution in [-0.4, -0.2) is 20.7 Å². The number of ether oxygens (including phenoxy) is 3. The molecule has 0 aromatic heterocycles. The molecule has 1 aromatic carbocycles. The number of carbonyl (C=O) groups excluding carboxylic acids is 1. The second-order valence-electron chi connectivity index (χ2n) is 3.43. The molecule has 1 aromatic rings. The maximum atomic E-state index is 10.2. The van der Waals surface area contributed by atoms with Crippen LogP contribution in [0.3, 0.4) is 0 Å². The Bertz CT molecular complexity index is 385. The summed E-state index contributed by atoms with van der Waals surface area (Å²) in [7, 11) is 3.18. The highest BCUT2D eigenvalue weighted by Gasteiger charge is 2.13. The minimum absolute atomic E-state index is 0.247. The maximum Gasteiger partial charge on any atom is 0.293 e. The fourth-order valence-electron chi connectivity index (χ4n) is 1.61. The molecule has 0 N–H and O–H groups in total. The van der Waals surface area contributed by atoms with E-state index in [4.69, 9.17) is 14.2 Å². The molecule has 0 aliphatic carbocycles. The van der Waals surface area contributed by atoms with Crippen LogP contribution in [0.4, 0.5) is 0 Å². The van der Waals surface area contributed by atoms with Crippen molar-refractivity contribution in [1.29, 1.82) is 0 Å². The Kier molecular flexibility index (Phi) is 4.17. The van der Waals surface area contributed by atoms with Crippen molar-refractivity contribution >= 4 is 6.47 Å². The Balaban J connectivity index is 3.21. The van der Waals surface area contributed by atoms with Gasteiger partial charge in [-0.3, -0.25) is 4.79 Å². The van der Waals surface area contributed by atoms with E-state index in [1.165, 1.54) is 0 Å². The van der Waals surface area contributed by atoms with Crippen LogP contribution in [0.15, 0.2) is 6.07 Å². The highest BCUT2D eigenvalue weighted by Crippen LogP contribution is 2.35. The topological polar surface area (TPSA) is 44.8 Å². The fraction of sp³-hybridized carbons (Fsp3) is 0.417. The summed E-state index contributed by atoms with van der Waals surface area (Å²) in [6, 6.07) is 1.82. The van der Waals surface area contributed by atoms with Crippen LogP contribution in [0.25, 0.3) is 0 Å². The average Bonchev–Trinajstić information content (AvgIpc) is 2.30. The largest absolute Gasteiger partial charge is 0.493 e. The summed E-state index contributed by atoms with van der Waals surface area (Å²) < 4.78 is 15.2. The molecule has 1 rings (SSSR count). The van der Waals surface area contributed by atoms with Gasteiger partial charge in [0.2, 0.25) is 0 Å². The smallest absolute Gasteiger partial charge is 0.293 e. The van der Waals surface area contributed by atoms with Crippen LogP contribution >= 0.6 is 0 Å². The summed E-state index contributed by atoms with van der Waals surface area (Å²) in [5.41, 5.74) is 2.95. The van der Waals surface area contributed by atoms with Crippen molar-refractivity contribution in [3.05, 3.63) is 22.8 Å². The quantitative estimate of drug-likeness (QED) is 0.717. The summed E-state index contributed by atoms with van der Waals surface area (Å²) in [6.07, 6.45) is 0. The lowest BCUT2D eigenvalue weighted by atomic mass is 10.0. The maximum absolute atomic E-state index is 10.2. The summed E-state index contributed by atoms with van der Waals surface area (Å²) in [5.74, 6) is 1.37. The molecule has 0 aliphatic heterocycles. The van der Waals surface area contributed by atoms with Crippen molar-refractivity contribution in [3.63, 3.8) is 0 Å².